The fourth-order valence-electron chi connectivity index (χ4n) is 2.34. The molecule has 0 amide bonds. The van der Waals surface area contributed by atoms with Gasteiger partial charge in [-0.15, -0.1) is 0 Å². The molecule has 23 heavy (non-hydrogen) atoms. The predicted molar refractivity (Wildman–Crippen MR) is 88.9 cm³/mol. The van der Waals surface area contributed by atoms with Gasteiger partial charge in [0.2, 0.25) is 0 Å². The summed E-state index contributed by atoms with van der Waals surface area (Å²) in [5.74, 6) is 0. The lowest BCUT2D eigenvalue weighted by Crippen LogP contribution is -2.18. The molecule has 1 aromatic heterocycles. The van der Waals surface area contributed by atoms with Crippen LogP contribution in [0.25, 0.3) is 11.1 Å². The molecule has 0 aliphatic heterocycles. The molecule has 1 N–H and O–H groups in total. The molecule has 0 unspecified atom stereocenters. The van der Waals surface area contributed by atoms with Crippen LogP contribution in [0.5, 0.6) is 0 Å². The lowest BCUT2D eigenvalue weighted by molar-refractivity contribution is -0.383. The molecule has 1 aromatic carbocycles. The fourth-order valence-corrected chi connectivity index (χ4v) is 2.34. The average molecular weight is 317 g/mol. The largest absolute Gasteiger partial charge is 0.383 e. The second-order valence-corrected chi connectivity index (χ2v) is 5.24. The molecule has 0 saturated carbocycles. The second-order valence-electron chi connectivity index (χ2n) is 5.24. The van der Waals surface area contributed by atoms with E-state index < -0.39 is 4.92 Å². The van der Waals surface area contributed by atoms with Crippen LogP contribution in [0, 0.1) is 17.0 Å². The lowest BCUT2D eigenvalue weighted by Gasteiger charge is -2.10. The number of ether oxygens (including phenoxy) is 1. The zero-order valence-electron chi connectivity index (χ0n) is 13.3. The molecular weight excluding hydrogens is 298 g/mol. The van der Waals surface area contributed by atoms with E-state index in [4.69, 9.17) is 4.74 Å². The highest BCUT2D eigenvalue weighted by Gasteiger charge is 2.15. The van der Waals surface area contributed by atoms with E-state index in [0.717, 1.165) is 11.1 Å². The van der Waals surface area contributed by atoms with Crippen molar-refractivity contribution in [1.82, 2.24) is 4.57 Å². The third-order valence-corrected chi connectivity index (χ3v) is 3.51. The normalized spacial score (nSPS) is 10.6. The van der Waals surface area contributed by atoms with Crippen LogP contribution in [-0.4, -0.2) is 29.8 Å². The molecule has 7 nitrogen and oxygen atoms in total. The molecule has 0 saturated heterocycles. The number of rotatable bonds is 6. The first-order valence-electron chi connectivity index (χ1n) is 7.13. The van der Waals surface area contributed by atoms with Gasteiger partial charge in [0, 0.05) is 38.5 Å². The molecule has 0 spiro atoms. The van der Waals surface area contributed by atoms with Gasteiger partial charge in [-0.3, -0.25) is 14.9 Å². The minimum Gasteiger partial charge on any atom is -0.383 e. The highest BCUT2D eigenvalue weighted by Crippen LogP contribution is 2.30. The number of pyridine rings is 1. The fraction of sp³-hybridized carbons (Fsp3) is 0.312. The number of nitrogens with zero attached hydrogens (tertiary/aromatic N) is 2. The first-order valence-corrected chi connectivity index (χ1v) is 7.13. The molecule has 0 radical (unpaired) electrons. The van der Waals surface area contributed by atoms with Gasteiger partial charge in [0.1, 0.15) is 5.69 Å². The predicted octanol–water partition coefficient (Wildman–Crippen LogP) is 2.33. The van der Waals surface area contributed by atoms with Crippen LogP contribution in [-0.2, 0) is 11.8 Å². The van der Waals surface area contributed by atoms with Crippen LogP contribution in [0.15, 0.2) is 35.3 Å². The number of nitro benzene ring substituents is 1. The second kappa shape index (κ2) is 7.06. The van der Waals surface area contributed by atoms with Crippen LogP contribution in [0.4, 0.5) is 11.4 Å². The van der Waals surface area contributed by atoms with Gasteiger partial charge in [-0.05, 0) is 36.2 Å². The summed E-state index contributed by atoms with van der Waals surface area (Å²) in [4.78, 5) is 22.5. The van der Waals surface area contributed by atoms with Gasteiger partial charge in [0.15, 0.2) is 0 Å². The quantitative estimate of drug-likeness (QED) is 0.502. The van der Waals surface area contributed by atoms with Crippen molar-refractivity contribution in [2.24, 2.45) is 7.05 Å². The Morgan fingerprint density at radius 3 is 2.65 bits per heavy atom. The maximum atomic E-state index is 11.8. The van der Waals surface area contributed by atoms with E-state index in [-0.39, 0.29) is 11.2 Å². The van der Waals surface area contributed by atoms with Crippen molar-refractivity contribution < 1.29 is 9.66 Å². The van der Waals surface area contributed by atoms with Crippen molar-refractivity contribution in [2.45, 2.75) is 6.92 Å². The van der Waals surface area contributed by atoms with Crippen molar-refractivity contribution in [3.63, 3.8) is 0 Å². The summed E-state index contributed by atoms with van der Waals surface area (Å²) in [5, 5.41) is 14.2. The third-order valence-electron chi connectivity index (χ3n) is 3.51. The van der Waals surface area contributed by atoms with Crippen molar-refractivity contribution in [3.05, 3.63) is 56.5 Å². The summed E-state index contributed by atoms with van der Waals surface area (Å²) >= 11 is 0. The summed E-state index contributed by atoms with van der Waals surface area (Å²) < 4.78 is 6.46. The molecule has 0 fully saturated rings. The summed E-state index contributed by atoms with van der Waals surface area (Å²) in [6.45, 7) is 2.66. The van der Waals surface area contributed by atoms with E-state index in [1.54, 1.807) is 45.5 Å². The highest BCUT2D eigenvalue weighted by molar-refractivity contribution is 5.74. The van der Waals surface area contributed by atoms with E-state index >= 15 is 0 Å². The number of anilines is 1. The van der Waals surface area contributed by atoms with Gasteiger partial charge in [0.05, 0.1) is 11.5 Å². The maximum Gasteiger partial charge on any atom is 0.292 e. The molecule has 122 valence electrons. The van der Waals surface area contributed by atoms with E-state index in [1.807, 2.05) is 0 Å². The molecule has 0 atom stereocenters. The van der Waals surface area contributed by atoms with Gasteiger partial charge in [-0.2, -0.15) is 0 Å². The number of methoxy groups -OCH3 is 1. The molecule has 2 rings (SSSR count). The number of aryl methyl sites for hydroxylation is 2. The van der Waals surface area contributed by atoms with E-state index in [0.29, 0.717) is 24.4 Å². The van der Waals surface area contributed by atoms with Crippen LogP contribution < -0.4 is 10.9 Å². The molecule has 0 aliphatic carbocycles. The topological polar surface area (TPSA) is 86.4 Å². The smallest absolute Gasteiger partial charge is 0.292 e. The third kappa shape index (κ3) is 3.75. The standard InChI is InChI=1S/C16H19N3O4/c1-11-8-13(10-18(2)16(11)20)12-4-5-15(19(21)22)14(9-12)17-6-7-23-3/h4-5,8-10,17H,6-7H2,1-3H3. The Morgan fingerprint density at radius 2 is 2.04 bits per heavy atom. The molecule has 7 heteroatoms. The van der Waals surface area contributed by atoms with Crippen molar-refractivity contribution in [1.29, 1.82) is 0 Å². The Labute approximate surface area is 133 Å². The number of benzene rings is 1. The van der Waals surface area contributed by atoms with Crippen molar-refractivity contribution >= 4 is 11.4 Å². The van der Waals surface area contributed by atoms with Crippen molar-refractivity contribution in [3.8, 4) is 11.1 Å². The number of aromatic nitrogens is 1. The lowest BCUT2D eigenvalue weighted by atomic mass is 10.0. The number of nitrogens with one attached hydrogen (secondary N) is 1. The monoisotopic (exact) mass is 317 g/mol. The first-order chi connectivity index (χ1) is 10.9. The Balaban J connectivity index is 2.46. The number of hydrogen-bond acceptors (Lipinski definition) is 5. The maximum absolute atomic E-state index is 11.8. The minimum atomic E-state index is -0.426. The van der Waals surface area contributed by atoms with Crippen LogP contribution in [0.1, 0.15) is 5.56 Å². The van der Waals surface area contributed by atoms with Crippen LogP contribution in [0.3, 0.4) is 0 Å². The molecule has 1 heterocycles. The molecule has 0 aliphatic rings. The minimum absolute atomic E-state index is 0.00592. The van der Waals surface area contributed by atoms with Gasteiger partial charge < -0.3 is 14.6 Å². The SMILES string of the molecule is COCCNc1cc(-c2cc(C)c(=O)n(C)c2)ccc1[N+](=O)[O-]. The van der Waals surface area contributed by atoms with Gasteiger partial charge in [0.25, 0.3) is 11.2 Å². The Hall–Kier alpha value is -2.67. The Bertz CT molecular complexity index is 757. The van der Waals surface area contributed by atoms with Crippen LogP contribution in [0.2, 0.25) is 0 Å². The summed E-state index contributed by atoms with van der Waals surface area (Å²) in [6, 6.07) is 6.64. The number of nitro groups is 1. The Morgan fingerprint density at radius 1 is 1.30 bits per heavy atom. The zero-order chi connectivity index (χ0) is 17.0. The van der Waals surface area contributed by atoms with E-state index in [9.17, 15) is 14.9 Å². The van der Waals surface area contributed by atoms with Gasteiger partial charge >= 0.3 is 0 Å². The van der Waals surface area contributed by atoms with Gasteiger partial charge in [-0.25, -0.2) is 0 Å². The highest BCUT2D eigenvalue weighted by atomic mass is 16.6. The summed E-state index contributed by atoms with van der Waals surface area (Å²) in [5.41, 5.74) is 2.62. The molecule has 2 aromatic rings. The average Bonchev–Trinajstić information content (AvgIpc) is 2.52. The van der Waals surface area contributed by atoms with E-state index in [1.165, 1.54) is 10.6 Å². The molecular formula is C16H19N3O4. The number of hydrogen-bond donors (Lipinski definition) is 1. The first kappa shape index (κ1) is 16.7. The van der Waals surface area contributed by atoms with E-state index in [2.05, 4.69) is 5.32 Å². The summed E-state index contributed by atoms with van der Waals surface area (Å²) in [7, 11) is 3.25. The zero-order valence-corrected chi connectivity index (χ0v) is 13.3. The summed E-state index contributed by atoms with van der Waals surface area (Å²) in [6.07, 6.45) is 1.72. The van der Waals surface area contributed by atoms with Gasteiger partial charge in [-0.1, -0.05) is 0 Å². The van der Waals surface area contributed by atoms with Crippen LogP contribution >= 0.6 is 0 Å². The van der Waals surface area contributed by atoms with Crippen molar-refractivity contribution in [2.75, 3.05) is 25.6 Å². The Kier molecular flexibility index (Phi) is 5.13. The molecule has 0 bridgehead atoms.